The number of nitrogens with zero attached hydrogens (tertiary/aromatic N) is 1. The smallest absolute Gasteiger partial charge is 0.407 e. The first-order valence-corrected chi connectivity index (χ1v) is 10.8. The lowest BCUT2D eigenvalue weighted by atomic mass is 9.98. The summed E-state index contributed by atoms with van der Waals surface area (Å²) in [5.41, 5.74) is 4.38. The summed E-state index contributed by atoms with van der Waals surface area (Å²) in [5, 5.41) is 11.7. The maximum absolute atomic E-state index is 12.9. The highest BCUT2D eigenvalue weighted by Gasteiger charge is 2.44. The first-order valence-electron chi connectivity index (χ1n) is 10.8. The number of carbonyl (C=O) groups is 3. The van der Waals surface area contributed by atoms with Crippen LogP contribution in [0, 0.1) is 0 Å². The number of alkyl carbamates (subject to hydrolysis) is 1. The second-order valence-electron chi connectivity index (χ2n) is 8.46. The highest BCUT2D eigenvalue weighted by atomic mass is 16.5. The maximum atomic E-state index is 12.9. The molecule has 5 rings (SSSR count). The van der Waals surface area contributed by atoms with Crippen molar-refractivity contribution in [1.29, 1.82) is 0 Å². The number of amides is 2. The van der Waals surface area contributed by atoms with Crippen molar-refractivity contribution < 1.29 is 29.0 Å². The van der Waals surface area contributed by atoms with E-state index in [4.69, 9.17) is 9.47 Å². The largest absolute Gasteiger partial charge is 0.481 e. The first kappa shape index (κ1) is 20.5. The molecule has 2 bridgehead atoms. The highest BCUT2D eigenvalue weighted by molar-refractivity contribution is 5.90. The minimum atomic E-state index is -1.18. The van der Waals surface area contributed by atoms with Gasteiger partial charge in [0.2, 0.25) is 5.91 Å². The normalized spacial score (nSPS) is 21.7. The minimum Gasteiger partial charge on any atom is -0.481 e. The van der Waals surface area contributed by atoms with E-state index in [9.17, 15) is 19.5 Å². The van der Waals surface area contributed by atoms with Crippen LogP contribution in [0.25, 0.3) is 11.1 Å². The summed E-state index contributed by atoms with van der Waals surface area (Å²) in [7, 11) is 0. The molecular weight excluding hydrogens is 412 g/mol. The molecule has 2 saturated heterocycles. The molecule has 2 aliphatic heterocycles. The van der Waals surface area contributed by atoms with E-state index < -0.39 is 30.4 Å². The Morgan fingerprint density at radius 1 is 1.09 bits per heavy atom. The number of carbonyl (C=O) groups excluding carboxylic acids is 2. The molecule has 8 nitrogen and oxygen atoms in total. The Kier molecular flexibility index (Phi) is 5.30. The fourth-order valence-corrected chi connectivity index (χ4v) is 5.03. The molecule has 2 aromatic carbocycles. The topological polar surface area (TPSA) is 105 Å². The second-order valence-corrected chi connectivity index (χ2v) is 8.46. The Morgan fingerprint density at radius 3 is 2.31 bits per heavy atom. The Morgan fingerprint density at radius 2 is 1.75 bits per heavy atom. The number of rotatable bonds is 6. The molecule has 2 heterocycles. The van der Waals surface area contributed by atoms with Crippen LogP contribution < -0.4 is 5.32 Å². The van der Waals surface area contributed by atoms with E-state index in [1.165, 1.54) is 0 Å². The summed E-state index contributed by atoms with van der Waals surface area (Å²) in [6, 6.07) is 14.7. The van der Waals surface area contributed by atoms with Crippen LogP contribution in [0.2, 0.25) is 0 Å². The zero-order valence-electron chi connectivity index (χ0n) is 17.4. The van der Waals surface area contributed by atoms with Crippen molar-refractivity contribution >= 4 is 18.0 Å². The lowest BCUT2D eigenvalue weighted by Gasteiger charge is -2.30. The number of benzene rings is 2. The number of hydrogen-bond acceptors (Lipinski definition) is 5. The zero-order valence-corrected chi connectivity index (χ0v) is 17.4. The molecule has 3 atom stereocenters. The molecule has 1 unspecified atom stereocenters. The highest BCUT2D eigenvalue weighted by Crippen LogP contribution is 2.44. The van der Waals surface area contributed by atoms with E-state index in [0.717, 1.165) is 28.7 Å². The number of aliphatic carboxylic acids is 1. The van der Waals surface area contributed by atoms with Gasteiger partial charge in [0.1, 0.15) is 12.6 Å². The van der Waals surface area contributed by atoms with E-state index in [1.54, 1.807) is 4.90 Å². The Bertz CT molecular complexity index is 1020. The Hall–Kier alpha value is -3.39. The van der Waals surface area contributed by atoms with Crippen LogP contribution in [0.15, 0.2) is 48.5 Å². The standard InChI is InChI=1S/C24H24N2O6/c27-22(28)10-21(23(29)26-11-15-9-14(26)12-31-15)25-24(30)32-13-20-18-7-3-1-5-16(18)17-6-2-4-8-19(17)20/h1-8,14-15,20-21H,9-13H2,(H,25,30)(H,27,28)/t14-,15-,21?/m0/s1. The van der Waals surface area contributed by atoms with Crippen molar-refractivity contribution in [3.8, 4) is 11.1 Å². The first-order chi connectivity index (χ1) is 15.5. The van der Waals surface area contributed by atoms with Crippen molar-refractivity contribution in [3.63, 3.8) is 0 Å². The average molecular weight is 436 g/mol. The van der Waals surface area contributed by atoms with Crippen molar-refractivity contribution in [2.75, 3.05) is 19.8 Å². The van der Waals surface area contributed by atoms with E-state index in [1.807, 2.05) is 48.5 Å². The summed E-state index contributed by atoms with van der Waals surface area (Å²) in [5.74, 6) is -1.69. The molecule has 8 heteroatoms. The molecule has 2 amide bonds. The van der Waals surface area contributed by atoms with Crippen molar-refractivity contribution in [2.24, 2.45) is 0 Å². The Labute approximate surface area is 185 Å². The predicted molar refractivity (Wildman–Crippen MR) is 114 cm³/mol. The number of ether oxygens (including phenoxy) is 2. The fraction of sp³-hybridized carbons (Fsp3) is 0.375. The number of fused-ring (bicyclic) bond motifs is 5. The maximum Gasteiger partial charge on any atom is 0.407 e. The van der Waals surface area contributed by atoms with Gasteiger partial charge < -0.3 is 24.8 Å². The molecule has 1 aliphatic carbocycles. The van der Waals surface area contributed by atoms with E-state index in [-0.39, 0.29) is 24.7 Å². The monoisotopic (exact) mass is 436 g/mol. The van der Waals surface area contributed by atoms with E-state index in [2.05, 4.69) is 5.32 Å². The van der Waals surface area contributed by atoms with Gasteiger partial charge in [-0.05, 0) is 28.7 Å². The number of carboxylic acids is 1. The van der Waals surface area contributed by atoms with Gasteiger partial charge in [-0.2, -0.15) is 0 Å². The van der Waals surface area contributed by atoms with Gasteiger partial charge in [0, 0.05) is 12.5 Å². The summed E-state index contributed by atoms with van der Waals surface area (Å²) in [6.45, 7) is 0.962. The fourth-order valence-electron chi connectivity index (χ4n) is 5.03. The van der Waals surface area contributed by atoms with Crippen LogP contribution in [-0.2, 0) is 19.1 Å². The third kappa shape index (κ3) is 3.71. The van der Waals surface area contributed by atoms with E-state index >= 15 is 0 Å². The molecule has 0 saturated carbocycles. The van der Waals surface area contributed by atoms with Crippen molar-refractivity contribution in [2.45, 2.75) is 36.9 Å². The number of hydrogen-bond donors (Lipinski definition) is 2. The van der Waals surface area contributed by atoms with Crippen LogP contribution in [0.1, 0.15) is 29.9 Å². The van der Waals surface area contributed by atoms with Gasteiger partial charge in [0.25, 0.3) is 0 Å². The molecule has 2 aromatic rings. The predicted octanol–water partition coefficient (Wildman–Crippen LogP) is 2.37. The zero-order chi connectivity index (χ0) is 22.2. The van der Waals surface area contributed by atoms with Crippen LogP contribution in [0.4, 0.5) is 4.79 Å². The number of nitrogens with one attached hydrogen (secondary N) is 1. The minimum absolute atomic E-state index is 0.0103. The molecular formula is C24H24N2O6. The quantitative estimate of drug-likeness (QED) is 0.720. The summed E-state index contributed by atoms with van der Waals surface area (Å²) >= 11 is 0. The number of morpholine rings is 1. The summed E-state index contributed by atoms with van der Waals surface area (Å²) in [6.07, 6.45) is -0.565. The lowest BCUT2D eigenvalue weighted by Crippen LogP contribution is -2.53. The van der Waals surface area contributed by atoms with Gasteiger partial charge in [-0.15, -0.1) is 0 Å². The third-order valence-electron chi connectivity index (χ3n) is 6.50. The molecule has 0 aromatic heterocycles. The molecule has 166 valence electrons. The SMILES string of the molecule is O=C(O)CC(NC(=O)OCC1c2ccccc2-c2ccccc21)C(=O)N1C[C@@H]2C[C@H]1CO2. The van der Waals surface area contributed by atoms with Gasteiger partial charge in [-0.1, -0.05) is 48.5 Å². The third-order valence-corrected chi connectivity index (χ3v) is 6.50. The molecule has 3 aliphatic rings. The van der Waals surface area contributed by atoms with Gasteiger partial charge in [-0.25, -0.2) is 4.79 Å². The molecule has 32 heavy (non-hydrogen) atoms. The number of likely N-dealkylation sites (tertiary alicyclic amines) is 1. The van der Waals surface area contributed by atoms with Crippen LogP contribution in [0.5, 0.6) is 0 Å². The lowest BCUT2D eigenvalue weighted by molar-refractivity contribution is -0.144. The average Bonchev–Trinajstić information content (AvgIpc) is 3.50. The van der Waals surface area contributed by atoms with Crippen LogP contribution in [0.3, 0.4) is 0 Å². The summed E-state index contributed by atoms with van der Waals surface area (Å²) in [4.78, 5) is 38.4. The Balaban J connectivity index is 1.26. The second kappa shape index (κ2) is 8.27. The van der Waals surface area contributed by atoms with Crippen molar-refractivity contribution in [3.05, 3.63) is 59.7 Å². The molecule has 0 radical (unpaired) electrons. The molecule has 2 N–H and O–H groups in total. The van der Waals surface area contributed by atoms with E-state index in [0.29, 0.717) is 13.2 Å². The van der Waals surface area contributed by atoms with Crippen molar-refractivity contribution in [1.82, 2.24) is 10.2 Å². The number of carboxylic acid groups (broad SMARTS) is 1. The van der Waals surface area contributed by atoms with Gasteiger partial charge in [0.05, 0.1) is 25.2 Å². The van der Waals surface area contributed by atoms with Crippen LogP contribution >= 0.6 is 0 Å². The molecule has 0 spiro atoms. The summed E-state index contributed by atoms with van der Waals surface area (Å²) < 4.78 is 11.0. The van der Waals surface area contributed by atoms with Gasteiger partial charge in [-0.3, -0.25) is 9.59 Å². The van der Waals surface area contributed by atoms with Crippen LogP contribution in [-0.4, -0.2) is 65.9 Å². The van der Waals surface area contributed by atoms with Gasteiger partial charge in [0.15, 0.2) is 0 Å². The van der Waals surface area contributed by atoms with Gasteiger partial charge >= 0.3 is 12.1 Å². The molecule has 2 fully saturated rings.